The van der Waals surface area contributed by atoms with Crippen molar-refractivity contribution >= 4 is 50.9 Å². The lowest BCUT2D eigenvalue weighted by Gasteiger charge is -2.32. The molecule has 0 heterocycles. The van der Waals surface area contributed by atoms with Crippen LogP contribution in [0.2, 0.25) is 10.0 Å². The van der Waals surface area contributed by atoms with Crippen molar-refractivity contribution in [3.63, 3.8) is 0 Å². The Labute approximate surface area is 230 Å². The normalized spacial score (nSPS) is 12.5. The van der Waals surface area contributed by atoms with Crippen LogP contribution < -0.4 is 10.1 Å². The van der Waals surface area contributed by atoms with Crippen LogP contribution >= 0.6 is 39.1 Å². The topological polar surface area (TPSA) is 58.6 Å². The minimum Gasteiger partial charge on any atom is -0.482 e. The van der Waals surface area contributed by atoms with E-state index in [9.17, 15) is 9.59 Å². The van der Waals surface area contributed by atoms with Crippen LogP contribution in [0.5, 0.6) is 5.75 Å². The maximum Gasteiger partial charge on any atom is 0.261 e. The minimum atomic E-state index is -0.742. The summed E-state index contributed by atoms with van der Waals surface area (Å²) in [5, 5.41) is 4.03. The van der Waals surface area contributed by atoms with Crippen LogP contribution in [0.3, 0.4) is 0 Å². The molecule has 3 aromatic carbocycles. The number of benzene rings is 3. The number of ether oxygens (including phenoxy) is 1. The van der Waals surface area contributed by atoms with Crippen LogP contribution in [0.1, 0.15) is 31.4 Å². The molecule has 0 spiro atoms. The molecular weight excluding hydrogens is 563 g/mol. The van der Waals surface area contributed by atoms with Crippen molar-refractivity contribution in [2.75, 3.05) is 6.61 Å². The number of nitrogens with one attached hydrogen (secondary N) is 1. The third-order valence-corrected chi connectivity index (χ3v) is 6.82. The second kappa shape index (κ2) is 13.7. The molecule has 0 saturated carbocycles. The molecule has 0 aliphatic rings. The number of halogens is 3. The molecule has 0 aliphatic carbocycles. The van der Waals surface area contributed by atoms with E-state index in [0.717, 1.165) is 22.0 Å². The summed E-state index contributed by atoms with van der Waals surface area (Å²) in [5.41, 5.74) is 1.80. The van der Waals surface area contributed by atoms with Crippen LogP contribution in [0.15, 0.2) is 77.3 Å². The van der Waals surface area contributed by atoms with Crippen LogP contribution in [-0.4, -0.2) is 35.4 Å². The lowest BCUT2D eigenvalue weighted by molar-refractivity contribution is -0.143. The largest absolute Gasteiger partial charge is 0.482 e. The average molecular weight is 592 g/mol. The van der Waals surface area contributed by atoms with Gasteiger partial charge in [-0.25, -0.2) is 0 Å². The van der Waals surface area contributed by atoms with Gasteiger partial charge in [0.2, 0.25) is 5.91 Å². The number of hydrogen-bond donors (Lipinski definition) is 1. The molecule has 36 heavy (non-hydrogen) atoms. The number of hydrogen-bond acceptors (Lipinski definition) is 3. The van der Waals surface area contributed by atoms with E-state index in [0.29, 0.717) is 22.2 Å². The van der Waals surface area contributed by atoms with Crippen molar-refractivity contribution in [3.8, 4) is 5.75 Å². The first-order chi connectivity index (χ1) is 17.3. The maximum atomic E-state index is 13.6. The van der Waals surface area contributed by atoms with E-state index in [1.807, 2.05) is 56.3 Å². The van der Waals surface area contributed by atoms with Crippen molar-refractivity contribution in [3.05, 3.63) is 98.4 Å². The maximum absolute atomic E-state index is 13.6. The van der Waals surface area contributed by atoms with E-state index < -0.39 is 6.04 Å². The Kier molecular flexibility index (Phi) is 10.7. The second-order valence-electron chi connectivity index (χ2n) is 8.53. The van der Waals surface area contributed by atoms with Gasteiger partial charge in [0.25, 0.3) is 5.91 Å². The zero-order chi connectivity index (χ0) is 26.1. The van der Waals surface area contributed by atoms with Gasteiger partial charge < -0.3 is 15.0 Å². The summed E-state index contributed by atoms with van der Waals surface area (Å²) < 4.78 is 6.58. The average Bonchev–Trinajstić information content (AvgIpc) is 2.87. The van der Waals surface area contributed by atoms with Gasteiger partial charge >= 0.3 is 0 Å². The van der Waals surface area contributed by atoms with E-state index in [4.69, 9.17) is 27.9 Å². The predicted octanol–water partition coefficient (Wildman–Crippen LogP) is 6.69. The molecule has 0 bridgehead atoms. The Morgan fingerprint density at radius 1 is 1.00 bits per heavy atom. The Morgan fingerprint density at radius 3 is 2.33 bits per heavy atom. The molecule has 0 radical (unpaired) electrons. The lowest BCUT2D eigenvalue weighted by Crippen LogP contribution is -2.53. The van der Waals surface area contributed by atoms with E-state index in [1.54, 1.807) is 35.2 Å². The van der Waals surface area contributed by atoms with E-state index in [1.165, 1.54) is 0 Å². The zero-order valence-corrected chi connectivity index (χ0v) is 23.3. The summed E-state index contributed by atoms with van der Waals surface area (Å²) in [6, 6.07) is 21.3. The predicted molar refractivity (Wildman–Crippen MR) is 148 cm³/mol. The monoisotopic (exact) mass is 590 g/mol. The molecule has 8 heteroatoms. The molecule has 2 atom stereocenters. The van der Waals surface area contributed by atoms with Crippen molar-refractivity contribution in [1.29, 1.82) is 0 Å². The quantitative estimate of drug-likeness (QED) is 0.270. The van der Waals surface area contributed by atoms with Gasteiger partial charge in [-0.2, -0.15) is 0 Å². The van der Waals surface area contributed by atoms with Gasteiger partial charge in [0.05, 0.1) is 5.02 Å². The van der Waals surface area contributed by atoms with Crippen molar-refractivity contribution in [1.82, 2.24) is 10.2 Å². The number of carbonyl (C=O) groups is 2. The molecule has 0 aromatic heterocycles. The minimum absolute atomic E-state index is 0.0268. The highest BCUT2D eigenvalue weighted by Crippen LogP contribution is 2.28. The first-order valence-electron chi connectivity index (χ1n) is 11.7. The van der Waals surface area contributed by atoms with Crippen LogP contribution in [-0.2, 0) is 22.6 Å². The van der Waals surface area contributed by atoms with Crippen molar-refractivity contribution < 1.29 is 14.3 Å². The fraction of sp³-hybridized carbons (Fsp3) is 0.286. The molecule has 0 aliphatic heterocycles. The summed E-state index contributed by atoms with van der Waals surface area (Å²) in [7, 11) is 0. The van der Waals surface area contributed by atoms with Gasteiger partial charge in [0, 0.05) is 28.5 Å². The van der Waals surface area contributed by atoms with Crippen LogP contribution in [0.4, 0.5) is 0 Å². The molecule has 2 amide bonds. The summed E-state index contributed by atoms with van der Waals surface area (Å²) in [5.74, 6) is -0.148. The van der Waals surface area contributed by atoms with Crippen molar-refractivity contribution in [2.24, 2.45) is 0 Å². The van der Waals surface area contributed by atoms with E-state index >= 15 is 0 Å². The Balaban J connectivity index is 1.91. The molecule has 0 saturated heterocycles. The Bertz CT molecular complexity index is 1160. The third kappa shape index (κ3) is 8.26. The van der Waals surface area contributed by atoms with Crippen molar-refractivity contribution in [2.45, 2.75) is 45.3 Å². The molecule has 190 valence electrons. The molecule has 5 nitrogen and oxygen atoms in total. The highest BCUT2D eigenvalue weighted by atomic mass is 79.9. The van der Waals surface area contributed by atoms with Gasteiger partial charge in [-0.05, 0) is 54.8 Å². The van der Waals surface area contributed by atoms with Gasteiger partial charge in [0.15, 0.2) is 6.61 Å². The third-order valence-electron chi connectivity index (χ3n) is 5.78. The molecule has 3 rings (SSSR count). The molecular formula is C28H29BrCl2N2O3. The first kappa shape index (κ1) is 28.0. The summed E-state index contributed by atoms with van der Waals surface area (Å²) in [4.78, 5) is 28.6. The Hall–Kier alpha value is -2.54. The van der Waals surface area contributed by atoms with E-state index in [-0.39, 0.29) is 31.0 Å². The van der Waals surface area contributed by atoms with Gasteiger partial charge in [0.1, 0.15) is 11.8 Å². The number of rotatable bonds is 11. The number of carbonyl (C=O) groups excluding carboxylic acids is 2. The number of nitrogens with zero attached hydrogens (tertiary/aromatic N) is 1. The van der Waals surface area contributed by atoms with Crippen LogP contribution in [0, 0.1) is 0 Å². The van der Waals surface area contributed by atoms with Gasteiger partial charge in [-0.3, -0.25) is 9.59 Å². The SMILES string of the molecule is CC[C@H](C)NC(=O)[C@H](Cc1ccccc1)N(Cc1ccc(Cl)cc1)C(=O)COc1ccc(Br)cc1Cl. The Morgan fingerprint density at radius 2 is 1.69 bits per heavy atom. The smallest absolute Gasteiger partial charge is 0.261 e. The fourth-order valence-corrected chi connectivity index (χ4v) is 4.45. The van der Waals surface area contributed by atoms with Gasteiger partial charge in [-0.15, -0.1) is 0 Å². The standard InChI is InChI=1S/C28H29BrCl2N2O3/c1-3-19(2)32-28(35)25(15-20-7-5-4-6-8-20)33(17-21-9-12-23(30)13-10-21)27(34)18-36-26-14-11-22(29)16-24(26)31/h4-14,16,19,25H,3,15,17-18H2,1-2H3,(H,32,35)/t19-,25-/m0/s1. The van der Waals surface area contributed by atoms with Crippen LogP contribution in [0.25, 0.3) is 0 Å². The molecule has 0 unspecified atom stereocenters. The summed E-state index contributed by atoms with van der Waals surface area (Å²) in [6.07, 6.45) is 1.14. The lowest BCUT2D eigenvalue weighted by atomic mass is 10.0. The zero-order valence-electron chi connectivity index (χ0n) is 20.2. The first-order valence-corrected chi connectivity index (χ1v) is 13.3. The summed E-state index contributed by atoms with van der Waals surface area (Å²) >= 11 is 15.7. The molecule has 1 N–H and O–H groups in total. The van der Waals surface area contributed by atoms with Gasteiger partial charge in [-0.1, -0.05) is 88.5 Å². The summed E-state index contributed by atoms with van der Waals surface area (Å²) in [6.45, 7) is 3.90. The second-order valence-corrected chi connectivity index (χ2v) is 10.3. The fourth-order valence-electron chi connectivity index (χ4n) is 3.60. The highest BCUT2D eigenvalue weighted by Gasteiger charge is 2.31. The number of amides is 2. The molecule has 3 aromatic rings. The highest BCUT2D eigenvalue weighted by molar-refractivity contribution is 9.10. The molecule has 0 fully saturated rings. The van der Waals surface area contributed by atoms with E-state index in [2.05, 4.69) is 21.2 Å².